The van der Waals surface area contributed by atoms with Crippen LogP contribution in [0.3, 0.4) is 0 Å². The highest BCUT2D eigenvalue weighted by Crippen LogP contribution is 2.34. The average molecular weight is 331 g/mol. The third kappa shape index (κ3) is 2.96. The van der Waals surface area contributed by atoms with Crippen LogP contribution in [0.15, 0.2) is 24.3 Å². The molecule has 88 valence electrons. The number of halogens is 1. The van der Waals surface area contributed by atoms with Gasteiger partial charge in [0.15, 0.2) is 0 Å². The van der Waals surface area contributed by atoms with Crippen LogP contribution in [-0.4, -0.2) is 19.3 Å². The molecule has 0 spiro atoms. The van der Waals surface area contributed by atoms with Gasteiger partial charge in [0, 0.05) is 23.8 Å². The van der Waals surface area contributed by atoms with Crippen LogP contribution in [0, 0.1) is 3.57 Å². The molecule has 0 aromatic heterocycles. The Morgan fingerprint density at radius 1 is 1.31 bits per heavy atom. The molecule has 1 aliphatic rings. The molecule has 1 aromatic carbocycles. The normalized spacial score (nSPS) is 18.1. The van der Waals surface area contributed by atoms with Crippen LogP contribution >= 0.6 is 22.6 Å². The predicted molar refractivity (Wildman–Crippen MR) is 74.5 cm³/mol. The van der Waals surface area contributed by atoms with Crippen LogP contribution in [0.25, 0.3) is 0 Å². The molecule has 0 amide bonds. The van der Waals surface area contributed by atoms with Crippen LogP contribution in [-0.2, 0) is 11.3 Å². The largest absolute Gasteiger partial charge is 0.377 e. The lowest BCUT2D eigenvalue weighted by molar-refractivity contribution is -0.0695. The first-order valence-corrected chi connectivity index (χ1v) is 6.82. The number of ether oxygens (including phenoxy) is 1. The fourth-order valence-electron chi connectivity index (χ4n) is 2.06. The van der Waals surface area contributed by atoms with Crippen molar-refractivity contribution in [1.82, 2.24) is 5.32 Å². The summed E-state index contributed by atoms with van der Waals surface area (Å²) in [5.74, 6) is 0. The molecule has 0 bridgehead atoms. The molecule has 1 fully saturated rings. The highest BCUT2D eigenvalue weighted by atomic mass is 127. The van der Waals surface area contributed by atoms with Crippen molar-refractivity contribution in [3.63, 3.8) is 0 Å². The van der Waals surface area contributed by atoms with Crippen molar-refractivity contribution in [3.05, 3.63) is 33.4 Å². The first-order valence-electron chi connectivity index (χ1n) is 5.74. The molecule has 0 aliphatic heterocycles. The zero-order valence-corrected chi connectivity index (χ0v) is 11.8. The lowest BCUT2D eigenvalue weighted by Crippen LogP contribution is -2.47. The summed E-state index contributed by atoms with van der Waals surface area (Å²) in [5.41, 5.74) is 1.47. The van der Waals surface area contributed by atoms with Gasteiger partial charge in [-0.25, -0.2) is 0 Å². The van der Waals surface area contributed by atoms with E-state index >= 15 is 0 Å². The zero-order chi connectivity index (χ0) is 11.4. The Morgan fingerprint density at radius 3 is 2.50 bits per heavy atom. The minimum Gasteiger partial charge on any atom is -0.377 e. The molecule has 3 heteroatoms. The summed E-state index contributed by atoms with van der Waals surface area (Å²) in [6.07, 6.45) is 3.70. The number of benzene rings is 1. The Bertz CT molecular complexity index is 327. The van der Waals surface area contributed by atoms with Crippen molar-refractivity contribution in [2.75, 3.05) is 13.7 Å². The van der Waals surface area contributed by atoms with Gasteiger partial charge in [0.1, 0.15) is 0 Å². The lowest BCUT2D eigenvalue weighted by Gasteiger charge is -2.40. The van der Waals surface area contributed by atoms with Gasteiger partial charge in [0.25, 0.3) is 0 Å². The molecule has 2 nitrogen and oxygen atoms in total. The van der Waals surface area contributed by atoms with Gasteiger partial charge in [-0.15, -0.1) is 0 Å². The molecular formula is C13H18INO. The van der Waals surface area contributed by atoms with Crippen LogP contribution in [0.5, 0.6) is 0 Å². The SMILES string of the molecule is COC1(CNCc2ccc(I)cc2)CCC1. The number of hydrogen-bond donors (Lipinski definition) is 1. The van der Waals surface area contributed by atoms with E-state index in [1.165, 1.54) is 28.4 Å². The van der Waals surface area contributed by atoms with Gasteiger partial charge >= 0.3 is 0 Å². The van der Waals surface area contributed by atoms with Crippen molar-refractivity contribution in [2.24, 2.45) is 0 Å². The van der Waals surface area contributed by atoms with E-state index in [9.17, 15) is 0 Å². The second kappa shape index (κ2) is 5.47. The van der Waals surface area contributed by atoms with E-state index in [1.54, 1.807) is 0 Å². The molecule has 0 saturated heterocycles. The molecule has 0 unspecified atom stereocenters. The summed E-state index contributed by atoms with van der Waals surface area (Å²) in [4.78, 5) is 0. The van der Waals surface area contributed by atoms with E-state index in [4.69, 9.17) is 4.74 Å². The predicted octanol–water partition coefficient (Wildman–Crippen LogP) is 2.95. The molecule has 0 atom stereocenters. The summed E-state index contributed by atoms with van der Waals surface area (Å²) in [6.45, 7) is 1.90. The van der Waals surface area contributed by atoms with Crippen molar-refractivity contribution in [3.8, 4) is 0 Å². The Balaban J connectivity index is 1.77. The third-order valence-corrected chi connectivity index (χ3v) is 4.11. The van der Waals surface area contributed by atoms with Crippen LogP contribution in [0.4, 0.5) is 0 Å². The number of methoxy groups -OCH3 is 1. The van der Waals surface area contributed by atoms with E-state index < -0.39 is 0 Å². The third-order valence-electron chi connectivity index (χ3n) is 3.39. The van der Waals surface area contributed by atoms with E-state index in [2.05, 4.69) is 52.2 Å². The lowest BCUT2D eigenvalue weighted by atomic mass is 9.80. The smallest absolute Gasteiger partial charge is 0.0802 e. The van der Waals surface area contributed by atoms with Gasteiger partial charge in [0.2, 0.25) is 0 Å². The first kappa shape index (κ1) is 12.3. The minimum absolute atomic E-state index is 0.128. The van der Waals surface area contributed by atoms with Gasteiger partial charge in [-0.05, 0) is 59.5 Å². The summed E-state index contributed by atoms with van der Waals surface area (Å²) in [5, 5.41) is 3.49. The quantitative estimate of drug-likeness (QED) is 0.838. The van der Waals surface area contributed by atoms with Gasteiger partial charge in [-0.3, -0.25) is 0 Å². The molecule has 1 saturated carbocycles. The summed E-state index contributed by atoms with van der Waals surface area (Å²) in [6, 6.07) is 8.64. The molecule has 0 heterocycles. The maximum atomic E-state index is 5.57. The summed E-state index contributed by atoms with van der Waals surface area (Å²) in [7, 11) is 1.83. The van der Waals surface area contributed by atoms with E-state index in [-0.39, 0.29) is 5.60 Å². The fraction of sp³-hybridized carbons (Fsp3) is 0.538. The summed E-state index contributed by atoms with van der Waals surface area (Å²) >= 11 is 2.33. The summed E-state index contributed by atoms with van der Waals surface area (Å²) < 4.78 is 6.85. The minimum atomic E-state index is 0.128. The van der Waals surface area contributed by atoms with Gasteiger partial charge < -0.3 is 10.1 Å². The van der Waals surface area contributed by atoms with Crippen LogP contribution < -0.4 is 5.32 Å². The molecule has 0 radical (unpaired) electrons. The second-order valence-electron chi connectivity index (χ2n) is 4.47. The Morgan fingerprint density at radius 2 is 2.00 bits per heavy atom. The fourth-order valence-corrected chi connectivity index (χ4v) is 2.42. The van der Waals surface area contributed by atoms with E-state index in [0.717, 1.165) is 13.1 Å². The second-order valence-corrected chi connectivity index (χ2v) is 5.72. The molecule has 1 N–H and O–H groups in total. The highest BCUT2D eigenvalue weighted by molar-refractivity contribution is 14.1. The topological polar surface area (TPSA) is 21.3 Å². The average Bonchev–Trinajstić information content (AvgIpc) is 2.25. The Kier molecular flexibility index (Phi) is 4.21. The van der Waals surface area contributed by atoms with Crippen LogP contribution in [0.1, 0.15) is 24.8 Å². The molecule has 2 rings (SSSR count). The van der Waals surface area contributed by atoms with E-state index in [1.807, 2.05) is 7.11 Å². The van der Waals surface area contributed by atoms with Crippen molar-refractivity contribution in [1.29, 1.82) is 0 Å². The van der Waals surface area contributed by atoms with Crippen molar-refractivity contribution >= 4 is 22.6 Å². The number of hydrogen-bond acceptors (Lipinski definition) is 2. The molecule has 16 heavy (non-hydrogen) atoms. The molecule has 1 aromatic rings. The van der Waals surface area contributed by atoms with E-state index in [0.29, 0.717) is 0 Å². The standard InChI is InChI=1S/C13H18INO/c1-16-13(7-2-8-13)10-15-9-11-3-5-12(14)6-4-11/h3-6,15H,2,7-10H2,1H3. The zero-order valence-electron chi connectivity index (χ0n) is 9.63. The van der Waals surface area contributed by atoms with Gasteiger partial charge in [-0.1, -0.05) is 12.1 Å². The molecule has 1 aliphatic carbocycles. The monoisotopic (exact) mass is 331 g/mol. The Labute approximate surface area is 111 Å². The number of rotatable bonds is 5. The maximum Gasteiger partial charge on any atom is 0.0802 e. The Hall–Kier alpha value is -0.130. The van der Waals surface area contributed by atoms with Crippen LogP contribution in [0.2, 0.25) is 0 Å². The highest BCUT2D eigenvalue weighted by Gasteiger charge is 2.36. The molecular weight excluding hydrogens is 313 g/mol. The van der Waals surface area contributed by atoms with Gasteiger partial charge in [0.05, 0.1) is 5.60 Å². The van der Waals surface area contributed by atoms with Crippen molar-refractivity contribution < 1.29 is 4.74 Å². The maximum absolute atomic E-state index is 5.57. The first-order chi connectivity index (χ1) is 7.74. The van der Waals surface area contributed by atoms with Crippen molar-refractivity contribution in [2.45, 2.75) is 31.4 Å². The van der Waals surface area contributed by atoms with Gasteiger partial charge in [-0.2, -0.15) is 0 Å². The number of nitrogens with one attached hydrogen (secondary N) is 1.